The number of benzene rings is 2. The summed E-state index contributed by atoms with van der Waals surface area (Å²) in [4.78, 5) is 35.5. The Kier molecular flexibility index (Phi) is 4.90. The van der Waals surface area contributed by atoms with Gasteiger partial charge in [0.1, 0.15) is 6.61 Å². The highest BCUT2D eigenvalue weighted by molar-refractivity contribution is 6.08. The topological polar surface area (TPSA) is 98.5 Å². The molecule has 0 fully saturated rings. The molecule has 2 amide bonds. The Hall–Kier alpha value is -2.99. The number of amides is 2. The van der Waals surface area contributed by atoms with E-state index < -0.39 is 5.91 Å². The Morgan fingerprint density at radius 3 is 2.60 bits per heavy atom. The van der Waals surface area contributed by atoms with E-state index in [1.807, 2.05) is 30.3 Å². The van der Waals surface area contributed by atoms with Gasteiger partial charge in [0.2, 0.25) is 5.91 Å². The molecule has 0 aromatic heterocycles. The van der Waals surface area contributed by atoms with Gasteiger partial charge in [-0.25, -0.2) is 0 Å². The third-order valence-electron chi connectivity index (χ3n) is 4.05. The number of aryl methyl sites for hydroxylation is 1. The Balaban J connectivity index is 1.66. The molecule has 1 aliphatic rings. The molecule has 0 saturated heterocycles. The van der Waals surface area contributed by atoms with Crippen LogP contribution in [0.2, 0.25) is 0 Å². The van der Waals surface area contributed by atoms with E-state index in [1.54, 1.807) is 6.07 Å². The van der Waals surface area contributed by atoms with Crippen molar-refractivity contribution < 1.29 is 19.1 Å². The molecule has 25 heavy (non-hydrogen) atoms. The molecule has 0 aliphatic heterocycles. The van der Waals surface area contributed by atoms with Crippen LogP contribution in [0.15, 0.2) is 42.5 Å². The third kappa shape index (κ3) is 3.92. The molecule has 0 heterocycles. The lowest BCUT2D eigenvalue weighted by atomic mass is 10.0. The van der Waals surface area contributed by atoms with E-state index in [1.165, 1.54) is 6.07 Å². The second kappa shape index (κ2) is 7.27. The van der Waals surface area contributed by atoms with Gasteiger partial charge in [-0.15, -0.1) is 0 Å². The summed E-state index contributed by atoms with van der Waals surface area (Å²) in [6.07, 6.45) is 1.01. The van der Waals surface area contributed by atoms with Crippen molar-refractivity contribution in [2.24, 2.45) is 5.73 Å². The molecule has 2 aromatic rings. The van der Waals surface area contributed by atoms with Crippen LogP contribution in [0.25, 0.3) is 0 Å². The number of carbonyl (C=O) groups excluding carboxylic acids is 3. The van der Waals surface area contributed by atoms with Crippen LogP contribution in [-0.2, 0) is 22.6 Å². The highest BCUT2D eigenvalue weighted by atomic mass is 16.5. The van der Waals surface area contributed by atoms with E-state index in [9.17, 15) is 14.4 Å². The fourth-order valence-corrected chi connectivity index (χ4v) is 2.82. The molecular formula is C19H18N2O4. The van der Waals surface area contributed by atoms with Crippen molar-refractivity contribution in [2.45, 2.75) is 19.4 Å². The van der Waals surface area contributed by atoms with Crippen molar-refractivity contribution in [1.82, 2.24) is 0 Å². The minimum atomic E-state index is -0.692. The summed E-state index contributed by atoms with van der Waals surface area (Å²) in [6, 6.07) is 12.6. The Morgan fingerprint density at radius 1 is 1.12 bits per heavy atom. The van der Waals surface area contributed by atoms with Crippen molar-refractivity contribution >= 4 is 23.3 Å². The molecule has 6 heteroatoms. The molecule has 0 saturated carbocycles. The maximum atomic E-state index is 12.1. The summed E-state index contributed by atoms with van der Waals surface area (Å²) in [5.74, 6) is -1.09. The number of rotatable bonds is 6. The summed E-state index contributed by atoms with van der Waals surface area (Å²) >= 11 is 0. The first-order valence-corrected chi connectivity index (χ1v) is 7.96. The van der Waals surface area contributed by atoms with Crippen LogP contribution in [0.3, 0.4) is 0 Å². The van der Waals surface area contributed by atoms with E-state index >= 15 is 0 Å². The fourth-order valence-electron chi connectivity index (χ4n) is 2.82. The van der Waals surface area contributed by atoms with E-state index in [0.29, 0.717) is 30.7 Å². The lowest BCUT2D eigenvalue weighted by molar-refractivity contribution is -0.121. The zero-order valence-corrected chi connectivity index (χ0v) is 13.6. The average molecular weight is 338 g/mol. The van der Waals surface area contributed by atoms with Crippen LogP contribution >= 0.6 is 0 Å². The minimum Gasteiger partial charge on any atom is -0.367 e. The van der Waals surface area contributed by atoms with Crippen molar-refractivity contribution in [3.05, 3.63) is 64.7 Å². The molecule has 0 unspecified atom stereocenters. The first kappa shape index (κ1) is 16.9. The first-order valence-electron chi connectivity index (χ1n) is 7.96. The van der Waals surface area contributed by atoms with Crippen LogP contribution in [0.1, 0.15) is 38.3 Å². The van der Waals surface area contributed by atoms with E-state index in [4.69, 9.17) is 10.5 Å². The summed E-state index contributed by atoms with van der Waals surface area (Å²) in [5, 5.41) is 2.65. The number of carbonyl (C=O) groups is 3. The van der Waals surface area contributed by atoms with Crippen molar-refractivity contribution in [2.75, 3.05) is 11.9 Å². The quantitative estimate of drug-likeness (QED) is 0.842. The molecule has 1 aliphatic carbocycles. The maximum absolute atomic E-state index is 12.1. The number of hydrogen-bond donors (Lipinski definition) is 2. The van der Waals surface area contributed by atoms with E-state index in [2.05, 4.69) is 5.32 Å². The van der Waals surface area contributed by atoms with Gasteiger partial charge in [0, 0.05) is 12.0 Å². The molecule has 3 rings (SSSR count). The molecule has 0 radical (unpaired) electrons. The standard InChI is InChI=1S/C19H18N2O4/c20-19(24)15-9-14-13(6-7-17(14)22)8-16(15)21-18(23)11-25-10-12-4-2-1-3-5-12/h1-5,8-9H,6-7,10-11H2,(H2,20,24)(H,21,23). The zero-order valence-electron chi connectivity index (χ0n) is 13.6. The number of hydrogen-bond acceptors (Lipinski definition) is 4. The molecule has 0 spiro atoms. The summed E-state index contributed by atoms with van der Waals surface area (Å²) in [7, 11) is 0. The van der Waals surface area contributed by atoms with Gasteiger partial charge in [0.05, 0.1) is 17.9 Å². The molecule has 2 aromatic carbocycles. The van der Waals surface area contributed by atoms with E-state index in [-0.39, 0.29) is 23.9 Å². The second-order valence-corrected chi connectivity index (χ2v) is 5.87. The fraction of sp³-hybridized carbons (Fsp3) is 0.211. The molecule has 0 atom stereocenters. The van der Waals surface area contributed by atoms with Crippen LogP contribution in [0.4, 0.5) is 5.69 Å². The Bertz CT molecular complexity index is 831. The zero-order chi connectivity index (χ0) is 17.8. The Labute approximate surface area is 145 Å². The highest BCUT2D eigenvalue weighted by Crippen LogP contribution is 2.28. The monoisotopic (exact) mass is 338 g/mol. The van der Waals surface area contributed by atoms with Crippen LogP contribution in [0, 0.1) is 0 Å². The SMILES string of the molecule is NC(=O)c1cc2c(cc1NC(=O)COCc1ccccc1)CCC2=O. The van der Waals surface area contributed by atoms with Gasteiger partial charge in [-0.3, -0.25) is 14.4 Å². The van der Waals surface area contributed by atoms with Crippen LogP contribution in [0.5, 0.6) is 0 Å². The number of primary amides is 1. The van der Waals surface area contributed by atoms with Crippen molar-refractivity contribution in [3.8, 4) is 0 Å². The summed E-state index contributed by atoms with van der Waals surface area (Å²) < 4.78 is 5.38. The predicted octanol–water partition coefficient (Wildman–Crippen LogP) is 2.07. The smallest absolute Gasteiger partial charge is 0.250 e. The van der Waals surface area contributed by atoms with Crippen molar-refractivity contribution in [3.63, 3.8) is 0 Å². The van der Waals surface area contributed by atoms with Gasteiger partial charge in [-0.05, 0) is 29.7 Å². The third-order valence-corrected chi connectivity index (χ3v) is 4.05. The number of nitrogens with two attached hydrogens (primary N) is 1. The van der Waals surface area contributed by atoms with Gasteiger partial charge in [0.15, 0.2) is 5.78 Å². The molecule has 6 nitrogen and oxygen atoms in total. The number of anilines is 1. The number of ether oxygens (including phenoxy) is 1. The number of ketones is 1. The average Bonchev–Trinajstić information content (AvgIpc) is 2.95. The van der Waals surface area contributed by atoms with Gasteiger partial charge in [0.25, 0.3) is 5.91 Å². The van der Waals surface area contributed by atoms with Gasteiger partial charge in [-0.2, -0.15) is 0 Å². The van der Waals surface area contributed by atoms with Crippen LogP contribution in [-0.4, -0.2) is 24.2 Å². The normalized spacial score (nSPS) is 12.7. The van der Waals surface area contributed by atoms with Crippen LogP contribution < -0.4 is 11.1 Å². The lowest BCUT2D eigenvalue weighted by Gasteiger charge is -2.12. The largest absolute Gasteiger partial charge is 0.367 e. The highest BCUT2D eigenvalue weighted by Gasteiger charge is 2.23. The lowest BCUT2D eigenvalue weighted by Crippen LogP contribution is -2.22. The number of fused-ring (bicyclic) bond motifs is 1. The molecular weight excluding hydrogens is 320 g/mol. The minimum absolute atomic E-state index is 0.0124. The number of nitrogens with one attached hydrogen (secondary N) is 1. The van der Waals surface area contributed by atoms with E-state index in [0.717, 1.165) is 11.1 Å². The molecule has 128 valence electrons. The maximum Gasteiger partial charge on any atom is 0.250 e. The summed E-state index contributed by atoms with van der Waals surface area (Å²) in [5.41, 5.74) is 8.10. The Morgan fingerprint density at radius 2 is 1.88 bits per heavy atom. The van der Waals surface area contributed by atoms with Crippen molar-refractivity contribution in [1.29, 1.82) is 0 Å². The second-order valence-electron chi connectivity index (χ2n) is 5.87. The summed E-state index contributed by atoms with van der Waals surface area (Å²) in [6.45, 7) is 0.165. The van der Waals surface area contributed by atoms with Gasteiger partial charge in [-0.1, -0.05) is 30.3 Å². The predicted molar refractivity (Wildman–Crippen MR) is 92.3 cm³/mol. The molecule has 3 N–H and O–H groups in total. The first-order chi connectivity index (χ1) is 12.0. The molecule has 0 bridgehead atoms. The van der Waals surface area contributed by atoms with Gasteiger partial charge >= 0.3 is 0 Å². The number of Topliss-reactive ketones (excluding diaryl/α,β-unsaturated/α-hetero) is 1. The van der Waals surface area contributed by atoms with Gasteiger partial charge < -0.3 is 15.8 Å².